The highest BCUT2D eigenvalue weighted by atomic mass is 14.9. The zero-order chi connectivity index (χ0) is 14.5. The average Bonchev–Trinajstić information content (AvgIpc) is 3.15. The third kappa shape index (κ3) is 1.55. The number of aryl methyl sites for hydroxylation is 3. The molecule has 0 atom stereocenters. The van der Waals surface area contributed by atoms with Crippen LogP contribution in [0.2, 0.25) is 0 Å². The van der Waals surface area contributed by atoms with E-state index in [0.717, 1.165) is 17.2 Å². The lowest BCUT2D eigenvalue weighted by molar-refractivity contribution is 0.796. The molecular formula is C17H21N3. The highest BCUT2D eigenvalue weighted by molar-refractivity contribution is 5.83. The molecule has 0 radical (unpaired) electrons. The van der Waals surface area contributed by atoms with E-state index in [1.165, 1.54) is 35.2 Å². The Hall–Kier alpha value is -1.77. The number of rotatable bonds is 0. The van der Waals surface area contributed by atoms with Gasteiger partial charge in [0.15, 0.2) is 0 Å². The Bertz CT molecular complexity index is 685. The normalized spacial score (nSPS) is 16.2. The van der Waals surface area contributed by atoms with Crippen LogP contribution in [-0.4, -0.2) is 15.0 Å². The lowest BCUT2D eigenvalue weighted by atomic mass is 9.96. The topological polar surface area (TPSA) is 38.7 Å². The van der Waals surface area contributed by atoms with E-state index in [2.05, 4.69) is 29.9 Å². The van der Waals surface area contributed by atoms with Crippen LogP contribution >= 0.6 is 0 Å². The van der Waals surface area contributed by atoms with Crippen LogP contribution in [0.5, 0.6) is 0 Å². The third-order valence-electron chi connectivity index (χ3n) is 4.29. The van der Waals surface area contributed by atoms with Crippen LogP contribution in [0.4, 0.5) is 0 Å². The predicted octanol–water partition coefficient (Wildman–Crippen LogP) is 3.88. The summed E-state index contributed by atoms with van der Waals surface area (Å²) in [7, 11) is 0. The second-order valence-corrected chi connectivity index (χ2v) is 5.48. The van der Waals surface area contributed by atoms with Gasteiger partial charge in [0, 0.05) is 28.6 Å². The average molecular weight is 267 g/mol. The van der Waals surface area contributed by atoms with Crippen molar-refractivity contribution in [3.8, 4) is 11.1 Å². The first-order valence-electron chi connectivity index (χ1n) is 7.46. The highest BCUT2D eigenvalue weighted by Crippen LogP contribution is 2.62. The van der Waals surface area contributed by atoms with Crippen LogP contribution < -0.4 is 0 Å². The van der Waals surface area contributed by atoms with Gasteiger partial charge in [-0.25, -0.2) is 9.97 Å². The SMILES string of the molecule is CC.Cc1nc(C)c2c(n1)C1(CC1)c1c-2ccnc1C. The molecular weight excluding hydrogens is 246 g/mol. The summed E-state index contributed by atoms with van der Waals surface area (Å²) in [6.07, 6.45) is 4.31. The van der Waals surface area contributed by atoms with Gasteiger partial charge in [-0.3, -0.25) is 4.98 Å². The van der Waals surface area contributed by atoms with E-state index in [0.29, 0.717) is 0 Å². The van der Waals surface area contributed by atoms with E-state index in [9.17, 15) is 0 Å². The molecule has 0 unspecified atom stereocenters. The molecule has 0 aliphatic heterocycles. The van der Waals surface area contributed by atoms with Gasteiger partial charge in [0.25, 0.3) is 0 Å². The van der Waals surface area contributed by atoms with Crippen molar-refractivity contribution in [2.45, 2.75) is 52.9 Å². The van der Waals surface area contributed by atoms with Crippen LogP contribution in [-0.2, 0) is 5.41 Å². The minimum absolute atomic E-state index is 0.168. The molecule has 1 saturated carbocycles. The van der Waals surface area contributed by atoms with Crippen molar-refractivity contribution in [1.82, 2.24) is 15.0 Å². The minimum atomic E-state index is 0.168. The minimum Gasteiger partial charge on any atom is -0.261 e. The summed E-state index contributed by atoms with van der Waals surface area (Å²) in [5, 5.41) is 0. The van der Waals surface area contributed by atoms with Crippen molar-refractivity contribution in [2.75, 3.05) is 0 Å². The highest BCUT2D eigenvalue weighted by Gasteiger charge is 2.55. The molecule has 1 fully saturated rings. The van der Waals surface area contributed by atoms with E-state index in [1.807, 2.05) is 27.0 Å². The monoisotopic (exact) mass is 267 g/mol. The fourth-order valence-corrected chi connectivity index (χ4v) is 3.49. The number of aromatic nitrogens is 3. The summed E-state index contributed by atoms with van der Waals surface area (Å²) in [6, 6.07) is 2.12. The number of hydrogen-bond acceptors (Lipinski definition) is 3. The van der Waals surface area contributed by atoms with Crippen LogP contribution in [0.25, 0.3) is 11.1 Å². The van der Waals surface area contributed by atoms with Crippen LogP contribution in [0.15, 0.2) is 12.3 Å². The molecule has 104 valence electrons. The molecule has 4 rings (SSSR count). The molecule has 0 N–H and O–H groups in total. The number of hydrogen-bond donors (Lipinski definition) is 0. The summed E-state index contributed by atoms with van der Waals surface area (Å²) < 4.78 is 0. The first-order valence-corrected chi connectivity index (χ1v) is 7.46. The van der Waals surface area contributed by atoms with Crippen LogP contribution in [0, 0.1) is 20.8 Å². The van der Waals surface area contributed by atoms with Crippen molar-refractivity contribution in [2.24, 2.45) is 0 Å². The Labute approximate surface area is 120 Å². The maximum atomic E-state index is 4.75. The van der Waals surface area contributed by atoms with Gasteiger partial charge in [0.2, 0.25) is 0 Å². The zero-order valence-electron chi connectivity index (χ0n) is 12.9. The molecule has 0 amide bonds. The van der Waals surface area contributed by atoms with E-state index >= 15 is 0 Å². The first kappa shape index (κ1) is 13.2. The predicted molar refractivity (Wildman–Crippen MR) is 80.8 cm³/mol. The molecule has 2 aromatic rings. The fraction of sp³-hybridized carbons (Fsp3) is 0.471. The van der Waals surface area contributed by atoms with Crippen molar-refractivity contribution in [1.29, 1.82) is 0 Å². The van der Waals surface area contributed by atoms with E-state index in [-0.39, 0.29) is 5.41 Å². The molecule has 2 aliphatic rings. The van der Waals surface area contributed by atoms with E-state index in [1.54, 1.807) is 0 Å². The van der Waals surface area contributed by atoms with E-state index in [4.69, 9.17) is 4.98 Å². The Morgan fingerprint density at radius 3 is 2.35 bits per heavy atom. The summed E-state index contributed by atoms with van der Waals surface area (Å²) in [4.78, 5) is 13.8. The standard InChI is InChI=1S/C15H15N3.C2H6/c1-8-12-11-4-7-16-9(2)13(11)15(5-6-15)14(12)18-10(3)17-8;1-2/h4,7H,5-6H2,1-3H3;1-2H3. The van der Waals surface area contributed by atoms with E-state index < -0.39 is 0 Å². The van der Waals surface area contributed by atoms with Gasteiger partial charge in [-0.05, 0) is 50.8 Å². The van der Waals surface area contributed by atoms with Crippen molar-refractivity contribution in [3.63, 3.8) is 0 Å². The Balaban J connectivity index is 0.000000581. The third-order valence-corrected chi connectivity index (χ3v) is 4.29. The summed E-state index contributed by atoms with van der Waals surface area (Å²) >= 11 is 0. The first-order chi connectivity index (χ1) is 9.63. The van der Waals surface area contributed by atoms with Crippen LogP contribution in [0.3, 0.4) is 0 Å². The molecule has 3 nitrogen and oxygen atoms in total. The summed E-state index contributed by atoms with van der Waals surface area (Å²) in [6.45, 7) is 10.2. The maximum absolute atomic E-state index is 4.75. The lowest BCUT2D eigenvalue weighted by Crippen LogP contribution is -2.10. The number of pyridine rings is 1. The van der Waals surface area contributed by atoms with Gasteiger partial charge in [-0.15, -0.1) is 0 Å². The zero-order valence-corrected chi connectivity index (χ0v) is 12.9. The van der Waals surface area contributed by atoms with Crippen LogP contribution in [0.1, 0.15) is 55.2 Å². The van der Waals surface area contributed by atoms with Gasteiger partial charge in [-0.1, -0.05) is 13.8 Å². The van der Waals surface area contributed by atoms with Gasteiger partial charge >= 0.3 is 0 Å². The molecule has 0 aromatic carbocycles. The largest absolute Gasteiger partial charge is 0.261 e. The second kappa shape index (κ2) is 4.37. The quantitative estimate of drug-likeness (QED) is 0.727. The van der Waals surface area contributed by atoms with Crippen molar-refractivity contribution in [3.05, 3.63) is 40.7 Å². The molecule has 2 heterocycles. The van der Waals surface area contributed by atoms with Gasteiger partial charge in [0.1, 0.15) is 5.82 Å². The van der Waals surface area contributed by atoms with Crippen molar-refractivity contribution >= 4 is 0 Å². The molecule has 0 bridgehead atoms. The molecule has 3 heteroatoms. The molecule has 20 heavy (non-hydrogen) atoms. The van der Waals surface area contributed by atoms with Crippen molar-refractivity contribution < 1.29 is 0 Å². The van der Waals surface area contributed by atoms with Gasteiger partial charge < -0.3 is 0 Å². The lowest BCUT2D eigenvalue weighted by Gasteiger charge is -2.11. The number of fused-ring (bicyclic) bond motifs is 5. The van der Waals surface area contributed by atoms with Gasteiger partial charge in [-0.2, -0.15) is 0 Å². The smallest absolute Gasteiger partial charge is 0.125 e. The molecule has 2 aromatic heterocycles. The Morgan fingerprint density at radius 1 is 1.00 bits per heavy atom. The Morgan fingerprint density at radius 2 is 1.70 bits per heavy atom. The maximum Gasteiger partial charge on any atom is 0.125 e. The summed E-state index contributed by atoms with van der Waals surface area (Å²) in [5.41, 5.74) is 7.66. The fourth-order valence-electron chi connectivity index (χ4n) is 3.49. The van der Waals surface area contributed by atoms with Gasteiger partial charge in [0.05, 0.1) is 5.69 Å². The number of nitrogens with zero attached hydrogens (tertiary/aromatic N) is 3. The Kier molecular flexibility index (Phi) is 2.89. The summed E-state index contributed by atoms with van der Waals surface area (Å²) in [5.74, 6) is 0.885. The second-order valence-electron chi connectivity index (χ2n) is 5.48. The molecule has 2 aliphatic carbocycles. The molecule has 1 spiro atoms. The molecule has 0 saturated heterocycles.